The van der Waals surface area contributed by atoms with Crippen LogP contribution in [0.1, 0.15) is 5.69 Å². The quantitative estimate of drug-likeness (QED) is 0.735. The van der Waals surface area contributed by atoms with Gasteiger partial charge in [-0.25, -0.2) is 4.98 Å². The average molecular weight is 246 g/mol. The second-order valence-corrected chi connectivity index (χ2v) is 3.85. The first kappa shape index (κ1) is 12.2. The summed E-state index contributed by atoms with van der Waals surface area (Å²) < 4.78 is 5.25. The Morgan fingerprint density at radius 3 is 2.83 bits per heavy atom. The maximum atomic E-state index is 9.89. The van der Waals surface area contributed by atoms with Gasteiger partial charge in [-0.2, -0.15) is 5.26 Å². The van der Waals surface area contributed by atoms with Crippen LogP contribution in [0.25, 0.3) is 5.57 Å². The summed E-state index contributed by atoms with van der Waals surface area (Å²) in [7, 11) is 0. The highest BCUT2D eigenvalue weighted by molar-refractivity contribution is 5.78. The predicted molar refractivity (Wildman–Crippen MR) is 66.7 cm³/mol. The van der Waals surface area contributed by atoms with Crippen molar-refractivity contribution in [2.45, 2.75) is 0 Å². The van der Waals surface area contributed by atoms with Gasteiger partial charge in [0.05, 0.1) is 30.7 Å². The number of aromatic hydroxyl groups is 1. The molecule has 2 heterocycles. The van der Waals surface area contributed by atoms with Gasteiger partial charge in [-0.1, -0.05) is 0 Å². The van der Waals surface area contributed by atoms with E-state index in [1.807, 2.05) is 6.07 Å². The van der Waals surface area contributed by atoms with Gasteiger partial charge in [-0.05, 0) is 0 Å². The van der Waals surface area contributed by atoms with E-state index in [1.54, 1.807) is 12.3 Å². The number of anilines is 1. The fourth-order valence-corrected chi connectivity index (χ4v) is 1.81. The van der Waals surface area contributed by atoms with E-state index in [2.05, 4.69) is 9.88 Å². The number of hydrogen-bond donors (Lipinski definition) is 2. The Labute approximate surface area is 105 Å². The molecule has 0 unspecified atom stereocenters. The lowest BCUT2D eigenvalue weighted by molar-refractivity contribution is 0.122. The second kappa shape index (κ2) is 5.38. The van der Waals surface area contributed by atoms with Crippen LogP contribution in [0.15, 0.2) is 18.5 Å². The zero-order chi connectivity index (χ0) is 13.0. The molecule has 0 atom stereocenters. The van der Waals surface area contributed by atoms with Crippen LogP contribution in [-0.2, 0) is 4.74 Å². The van der Waals surface area contributed by atoms with E-state index >= 15 is 0 Å². The van der Waals surface area contributed by atoms with E-state index in [4.69, 9.17) is 15.7 Å². The van der Waals surface area contributed by atoms with Crippen molar-refractivity contribution >= 4 is 11.3 Å². The molecule has 0 aromatic carbocycles. The number of ether oxygens (including phenoxy) is 1. The monoisotopic (exact) mass is 246 g/mol. The molecule has 1 fully saturated rings. The summed E-state index contributed by atoms with van der Waals surface area (Å²) >= 11 is 0. The normalized spacial score (nSPS) is 16.4. The molecule has 1 aromatic rings. The minimum absolute atomic E-state index is 0.0442. The lowest BCUT2D eigenvalue weighted by Crippen LogP contribution is -2.36. The van der Waals surface area contributed by atoms with Crippen LogP contribution in [0.3, 0.4) is 0 Å². The van der Waals surface area contributed by atoms with Crippen LogP contribution < -0.4 is 10.6 Å². The first-order chi connectivity index (χ1) is 8.76. The number of morpholine rings is 1. The van der Waals surface area contributed by atoms with Crippen LogP contribution in [0.5, 0.6) is 5.75 Å². The number of hydrogen-bond acceptors (Lipinski definition) is 6. The Morgan fingerprint density at radius 1 is 1.56 bits per heavy atom. The third-order valence-electron chi connectivity index (χ3n) is 2.77. The van der Waals surface area contributed by atoms with Crippen LogP contribution in [-0.4, -0.2) is 36.4 Å². The molecular formula is C12H14N4O2. The standard InChI is InChI=1S/C12H14N4O2/c13-6-9(7-14)12-11(17)5-10(8-15-12)16-1-3-18-4-2-16/h5-6,8,17H,1-4,13H2. The van der Waals surface area contributed by atoms with Gasteiger partial charge in [0, 0.05) is 25.4 Å². The molecule has 1 aliphatic rings. The molecule has 2 rings (SSSR count). The SMILES string of the molecule is N#CC(=CN)c1ncc(N2CCOCC2)cc1O. The van der Waals surface area contributed by atoms with Gasteiger partial charge in [-0.3, -0.25) is 0 Å². The number of allylic oxidation sites excluding steroid dienone is 1. The Balaban J connectivity index is 2.27. The zero-order valence-corrected chi connectivity index (χ0v) is 9.83. The molecule has 0 spiro atoms. The maximum Gasteiger partial charge on any atom is 0.144 e. The lowest BCUT2D eigenvalue weighted by atomic mass is 10.1. The average Bonchev–Trinajstić information content (AvgIpc) is 2.43. The van der Waals surface area contributed by atoms with Gasteiger partial charge < -0.3 is 20.5 Å². The highest BCUT2D eigenvalue weighted by Gasteiger charge is 2.15. The first-order valence-corrected chi connectivity index (χ1v) is 5.60. The number of nitriles is 1. The summed E-state index contributed by atoms with van der Waals surface area (Å²) in [5, 5.41) is 18.7. The Morgan fingerprint density at radius 2 is 2.28 bits per heavy atom. The van der Waals surface area contributed by atoms with Gasteiger partial charge in [0.15, 0.2) is 0 Å². The molecule has 6 heteroatoms. The van der Waals surface area contributed by atoms with E-state index in [0.29, 0.717) is 13.2 Å². The molecule has 1 saturated heterocycles. The molecule has 94 valence electrons. The molecule has 1 aromatic heterocycles. The molecule has 0 bridgehead atoms. The van der Waals surface area contributed by atoms with Crippen molar-refractivity contribution in [1.29, 1.82) is 5.26 Å². The number of nitrogens with two attached hydrogens (primary N) is 1. The van der Waals surface area contributed by atoms with Crippen LogP contribution in [0.4, 0.5) is 5.69 Å². The Kier molecular flexibility index (Phi) is 3.65. The molecule has 1 aliphatic heterocycles. The van der Waals surface area contributed by atoms with Crippen molar-refractivity contribution in [2.75, 3.05) is 31.2 Å². The number of pyridine rings is 1. The summed E-state index contributed by atoms with van der Waals surface area (Å²) in [5.41, 5.74) is 6.48. The van der Waals surface area contributed by atoms with Crippen molar-refractivity contribution in [3.63, 3.8) is 0 Å². The second-order valence-electron chi connectivity index (χ2n) is 3.85. The highest BCUT2D eigenvalue weighted by Crippen LogP contribution is 2.27. The molecule has 3 N–H and O–H groups in total. The van der Waals surface area contributed by atoms with E-state index in [-0.39, 0.29) is 17.0 Å². The molecule has 0 amide bonds. The Hall–Kier alpha value is -2.26. The number of nitrogens with zero attached hydrogens (tertiary/aromatic N) is 3. The number of rotatable bonds is 2. The zero-order valence-electron chi connectivity index (χ0n) is 9.83. The van der Waals surface area contributed by atoms with Crippen LogP contribution >= 0.6 is 0 Å². The van der Waals surface area contributed by atoms with Crippen molar-refractivity contribution in [3.8, 4) is 11.8 Å². The molecule has 0 radical (unpaired) electrons. The summed E-state index contributed by atoms with van der Waals surface area (Å²) in [6.45, 7) is 2.85. The minimum atomic E-state index is -0.0442. The summed E-state index contributed by atoms with van der Waals surface area (Å²) in [5.74, 6) is -0.0442. The van der Waals surface area contributed by atoms with Crippen molar-refractivity contribution < 1.29 is 9.84 Å². The third kappa shape index (κ3) is 2.36. The molecule has 6 nitrogen and oxygen atoms in total. The summed E-state index contributed by atoms with van der Waals surface area (Å²) in [4.78, 5) is 6.16. The van der Waals surface area contributed by atoms with Crippen molar-refractivity contribution in [3.05, 3.63) is 24.2 Å². The highest BCUT2D eigenvalue weighted by atomic mass is 16.5. The van der Waals surface area contributed by atoms with E-state index in [0.717, 1.165) is 25.0 Å². The van der Waals surface area contributed by atoms with Crippen molar-refractivity contribution in [2.24, 2.45) is 5.73 Å². The molecule has 18 heavy (non-hydrogen) atoms. The topological polar surface area (TPSA) is 95.4 Å². The fourth-order valence-electron chi connectivity index (χ4n) is 1.81. The van der Waals surface area contributed by atoms with Gasteiger partial charge in [0.25, 0.3) is 0 Å². The van der Waals surface area contributed by atoms with Crippen LogP contribution in [0, 0.1) is 11.3 Å². The molecule has 0 saturated carbocycles. The van der Waals surface area contributed by atoms with Gasteiger partial charge in [0.1, 0.15) is 17.5 Å². The molecule has 0 aliphatic carbocycles. The molecular weight excluding hydrogens is 232 g/mol. The van der Waals surface area contributed by atoms with E-state index in [1.165, 1.54) is 0 Å². The van der Waals surface area contributed by atoms with Gasteiger partial charge >= 0.3 is 0 Å². The maximum absolute atomic E-state index is 9.89. The van der Waals surface area contributed by atoms with Crippen LogP contribution in [0.2, 0.25) is 0 Å². The Bertz CT molecular complexity index is 501. The van der Waals surface area contributed by atoms with Crippen molar-refractivity contribution in [1.82, 2.24) is 4.98 Å². The third-order valence-corrected chi connectivity index (χ3v) is 2.77. The largest absolute Gasteiger partial charge is 0.506 e. The minimum Gasteiger partial charge on any atom is -0.506 e. The van der Waals surface area contributed by atoms with E-state index in [9.17, 15) is 5.11 Å². The van der Waals surface area contributed by atoms with Gasteiger partial charge in [-0.15, -0.1) is 0 Å². The number of aromatic nitrogens is 1. The fraction of sp³-hybridized carbons (Fsp3) is 0.333. The summed E-state index contributed by atoms with van der Waals surface area (Å²) in [6, 6.07) is 3.48. The first-order valence-electron chi connectivity index (χ1n) is 5.60. The van der Waals surface area contributed by atoms with E-state index < -0.39 is 0 Å². The summed E-state index contributed by atoms with van der Waals surface area (Å²) in [6.07, 6.45) is 2.76. The lowest BCUT2D eigenvalue weighted by Gasteiger charge is -2.28. The van der Waals surface area contributed by atoms with Gasteiger partial charge in [0.2, 0.25) is 0 Å². The predicted octanol–water partition coefficient (Wildman–Crippen LogP) is 0.447. The smallest absolute Gasteiger partial charge is 0.144 e.